The molecule has 156 valence electrons. The predicted octanol–water partition coefficient (Wildman–Crippen LogP) is 4.11. The number of guanidine groups is 1. The number of aliphatic imine (C=N–C) groups is 1. The summed E-state index contributed by atoms with van der Waals surface area (Å²) in [5.74, 6) is 1.91. The summed E-state index contributed by atoms with van der Waals surface area (Å²) in [6.45, 7) is 7.28. The van der Waals surface area contributed by atoms with Crippen LogP contribution in [0.2, 0.25) is 0 Å². The van der Waals surface area contributed by atoms with Gasteiger partial charge in [0.2, 0.25) is 0 Å². The SMILES string of the molecule is CCc1nncn1CCNC(=NCc1cccs1)N(C)Cc1ccc(C)cc1.I. The molecule has 0 amide bonds. The molecule has 1 aromatic carbocycles. The second-order valence-electron chi connectivity index (χ2n) is 6.78. The van der Waals surface area contributed by atoms with Crippen LogP contribution >= 0.6 is 35.3 Å². The van der Waals surface area contributed by atoms with Crippen molar-refractivity contribution in [3.05, 3.63) is 69.9 Å². The monoisotopic (exact) mass is 524 g/mol. The van der Waals surface area contributed by atoms with Crippen molar-refractivity contribution >= 4 is 41.3 Å². The lowest BCUT2D eigenvalue weighted by Crippen LogP contribution is -2.40. The second-order valence-corrected chi connectivity index (χ2v) is 7.81. The number of thiophene rings is 1. The number of aryl methyl sites for hydroxylation is 2. The van der Waals surface area contributed by atoms with E-state index in [9.17, 15) is 0 Å². The number of hydrogen-bond acceptors (Lipinski definition) is 4. The van der Waals surface area contributed by atoms with Gasteiger partial charge in [0.15, 0.2) is 5.96 Å². The molecule has 0 atom stereocenters. The van der Waals surface area contributed by atoms with Crippen molar-refractivity contribution in [1.29, 1.82) is 0 Å². The third kappa shape index (κ3) is 7.11. The first-order valence-electron chi connectivity index (χ1n) is 9.59. The zero-order chi connectivity index (χ0) is 19.8. The highest BCUT2D eigenvalue weighted by Gasteiger charge is 2.09. The van der Waals surface area contributed by atoms with E-state index < -0.39 is 0 Å². The minimum Gasteiger partial charge on any atom is -0.354 e. The topological polar surface area (TPSA) is 58.3 Å². The fourth-order valence-corrected chi connectivity index (χ4v) is 3.56. The summed E-state index contributed by atoms with van der Waals surface area (Å²) in [5.41, 5.74) is 2.54. The van der Waals surface area contributed by atoms with E-state index in [2.05, 4.69) is 87.7 Å². The number of nitrogens with zero attached hydrogens (tertiary/aromatic N) is 5. The minimum absolute atomic E-state index is 0. The van der Waals surface area contributed by atoms with Gasteiger partial charge in [-0.3, -0.25) is 0 Å². The van der Waals surface area contributed by atoms with Gasteiger partial charge in [0, 0.05) is 38.0 Å². The maximum atomic E-state index is 4.84. The van der Waals surface area contributed by atoms with Crippen LogP contribution in [0.1, 0.15) is 28.8 Å². The highest BCUT2D eigenvalue weighted by Crippen LogP contribution is 2.11. The molecular formula is C21H29IN6S. The normalized spacial score (nSPS) is 11.2. The van der Waals surface area contributed by atoms with E-state index in [1.807, 2.05) is 0 Å². The molecule has 0 spiro atoms. The van der Waals surface area contributed by atoms with Crippen LogP contribution in [-0.2, 0) is 26.1 Å². The Balaban J connectivity index is 0.00000300. The molecule has 0 aliphatic heterocycles. The molecule has 2 aromatic heterocycles. The van der Waals surface area contributed by atoms with E-state index in [1.54, 1.807) is 17.7 Å². The Labute approximate surface area is 194 Å². The maximum absolute atomic E-state index is 4.84. The third-order valence-electron chi connectivity index (χ3n) is 4.51. The molecule has 29 heavy (non-hydrogen) atoms. The van der Waals surface area contributed by atoms with Crippen LogP contribution < -0.4 is 5.32 Å². The predicted molar refractivity (Wildman–Crippen MR) is 131 cm³/mol. The van der Waals surface area contributed by atoms with Gasteiger partial charge in [-0.2, -0.15) is 0 Å². The van der Waals surface area contributed by atoms with E-state index in [4.69, 9.17) is 4.99 Å². The molecule has 6 nitrogen and oxygen atoms in total. The molecule has 8 heteroatoms. The van der Waals surface area contributed by atoms with Crippen molar-refractivity contribution in [2.45, 2.75) is 39.9 Å². The van der Waals surface area contributed by atoms with Crippen LogP contribution in [-0.4, -0.2) is 39.2 Å². The molecule has 1 N–H and O–H groups in total. The summed E-state index contributed by atoms with van der Waals surface area (Å²) >= 11 is 1.73. The first kappa shape index (κ1) is 23.3. The quantitative estimate of drug-likeness (QED) is 0.274. The van der Waals surface area contributed by atoms with E-state index in [-0.39, 0.29) is 24.0 Å². The summed E-state index contributed by atoms with van der Waals surface area (Å²) < 4.78 is 2.09. The van der Waals surface area contributed by atoms with Gasteiger partial charge in [-0.05, 0) is 23.9 Å². The molecule has 0 fully saturated rings. The molecule has 0 aliphatic carbocycles. The number of benzene rings is 1. The van der Waals surface area contributed by atoms with E-state index in [1.165, 1.54) is 16.0 Å². The molecule has 3 rings (SSSR count). The lowest BCUT2D eigenvalue weighted by Gasteiger charge is -2.23. The second kappa shape index (κ2) is 11.9. The van der Waals surface area contributed by atoms with Crippen molar-refractivity contribution in [2.24, 2.45) is 4.99 Å². The molecule has 3 aromatic rings. The fourth-order valence-electron chi connectivity index (χ4n) is 2.94. The zero-order valence-corrected chi connectivity index (χ0v) is 20.4. The summed E-state index contributed by atoms with van der Waals surface area (Å²) in [6, 6.07) is 12.8. The number of rotatable bonds is 8. The standard InChI is InChI=1S/C21H28N6S.HI/c1-4-20-25-24-16-27(20)12-11-22-21(23-14-19-6-5-13-28-19)26(3)15-18-9-7-17(2)8-10-18;/h5-10,13,16H,4,11-12,14-15H2,1-3H3,(H,22,23);1H. The van der Waals surface area contributed by atoms with Gasteiger partial charge >= 0.3 is 0 Å². The Morgan fingerprint density at radius 3 is 2.72 bits per heavy atom. The summed E-state index contributed by atoms with van der Waals surface area (Å²) in [6.07, 6.45) is 2.67. The van der Waals surface area contributed by atoms with Crippen LogP contribution in [0.25, 0.3) is 0 Å². The average molecular weight is 524 g/mol. The van der Waals surface area contributed by atoms with Crippen LogP contribution in [0.15, 0.2) is 53.1 Å². The zero-order valence-electron chi connectivity index (χ0n) is 17.2. The van der Waals surface area contributed by atoms with Gasteiger partial charge in [0.1, 0.15) is 12.2 Å². The number of hydrogen-bond donors (Lipinski definition) is 1. The number of aromatic nitrogens is 3. The Morgan fingerprint density at radius 2 is 2.03 bits per heavy atom. The van der Waals surface area contributed by atoms with E-state index >= 15 is 0 Å². The van der Waals surface area contributed by atoms with E-state index in [0.717, 1.165) is 37.8 Å². The van der Waals surface area contributed by atoms with Gasteiger partial charge in [-0.1, -0.05) is 42.8 Å². The Morgan fingerprint density at radius 1 is 1.24 bits per heavy atom. The largest absolute Gasteiger partial charge is 0.354 e. The van der Waals surface area contributed by atoms with Crippen molar-refractivity contribution in [3.8, 4) is 0 Å². The highest BCUT2D eigenvalue weighted by molar-refractivity contribution is 14.0. The van der Waals surface area contributed by atoms with Crippen LogP contribution in [0.3, 0.4) is 0 Å². The van der Waals surface area contributed by atoms with Gasteiger partial charge in [0.25, 0.3) is 0 Å². The first-order valence-corrected chi connectivity index (χ1v) is 10.5. The Hall–Kier alpha value is -1.94. The lowest BCUT2D eigenvalue weighted by molar-refractivity contribution is 0.470. The number of halogens is 1. The first-order chi connectivity index (χ1) is 13.7. The van der Waals surface area contributed by atoms with Crippen molar-refractivity contribution in [1.82, 2.24) is 25.0 Å². The average Bonchev–Trinajstić information content (AvgIpc) is 3.37. The Bertz CT molecular complexity index is 873. The summed E-state index contributed by atoms with van der Waals surface area (Å²) in [4.78, 5) is 8.27. The summed E-state index contributed by atoms with van der Waals surface area (Å²) in [7, 11) is 2.08. The van der Waals surface area contributed by atoms with Crippen LogP contribution in [0.5, 0.6) is 0 Å². The van der Waals surface area contributed by atoms with Crippen molar-refractivity contribution in [2.75, 3.05) is 13.6 Å². The van der Waals surface area contributed by atoms with Crippen LogP contribution in [0.4, 0.5) is 0 Å². The number of nitrogens with one attached hydrogen (secondary N) is 1. The Kier molecular flexibility index (Phi) is 9.59. The van der Waals surface area contributed by atoms with Crippen molar-refractivity contribution in [3.63, 3.8) is 0 Å². The highest BCUT2D eigenvalue weighted by atomic mass is 127. The van der Waals surface area contributed by atoms with Crippen LogP contribution in [0, 0.1) is 6.92 Å². The smallest absolute Gasteiger partial charge is 0.194 e. The molecule has 0 radical (unpaired) electrons. The molecule has 0 unspecified atom stereocenters. The molecule has 0 saturated heterocycles. The molecular weight excluding hydrogens is 495 g/mol. The van der Waals surface area contributed by atoms with E-state index in [0.29, 0.717) is 6.54 Å². The van der Waals surface area contributed by atoms with Gasteiger partial charge in [-0.15, -0.1) is 45.5 Å². The van der Waals surface area contributed by atoms with Crippen molar-refractivity contribution < 1.29 is 0 Å². The fraction of sp³-hybridized carbons (Fsp3) is 0.381. The third-order valence-corrected chi connectivity index (χ3v) is 5.38. The van der Waals surface area contributed by atoms with Gasteiger partial charge < -0.3 is 14.8 Å². The van der Waals surface area contributed by atoms with Gasteiger partial charge in [-0.25, -0.2) is 4.99 Å². The molecule has 0 aliphatic rings. The lowest BCUT2D eigenvalue weighted by atomic mass is 10.1. The molecule has 0 saturated carbocycles. The molecule has 2 heterocycles. The maximum Gasteiger partial charge on any atom is 0.194 e. The summed E-state index contributed by atoms with van der Waals surface area (Å²) in [5, 5.41) is 13.7. The molecule has 0 bridgehead atoms. The minimum atomic E-state index is 0. The van der Waals surface area contributed by atoms with Gasteiger partial charge in [0.05, 0.1) is 6.54 Å².